The van der Waals surface area contributed by atoms with Gasteiger partial charge in [-0.1, -0.05) is 0 Å². The minimum absolute atomic E-state index is 0.000596. The van der Waals surface area contributed by atoms with E-state index in [2.05, 4.69) is 20.4 Å². The summed E-state index contributed by atoms with van der Waals surface area (Å²) in [7, 11) is 0. The molecule has 1 N–H and O–H groups in total. The van der Waals surface area contributed by atoms with E-state index in [4.69, 9.17) is 4.74 Å². The third-order valence-corrected chi connectivity index (χ3v) is 5.58. The van der Waals surface area contributed by atoms with Crippen molar-refractivity contribution in [3.8, 4) is 5.69 Å². The SMILES string of the molecule is CC(C)(C)OC(=O)N1CCC(CNCc2ncnc3c2cnn3-c2cc(F)ccc2F)CC1. The predicted molar refractivity (Wildman–Crippen MR) is 119 cm³/mol. The van der Waals surface area contributed by atoms with Crippen molar-refractivity contribution in [2.24, 2.45) is 5.92 Å². The van der Waals surface area contributed by atoms with Gasteiger partial charge in [-0.05, 0) is 58.2 Å². The van der Waals surface area contributed by atoms with E-state index in [0.717, 1.165) is 43.3 Å². The molecule has 0 atom stereocenters. The molecule has 1 amide bonds. The van der Waals surface area contributed by atoms with Crippen LogP contribution in [0.25, 0.3) is 16.7 Å². The summed E-state index contributed by atoms with van der Waals surface area (Å²) in [5.74, 6) is -0.703. The molecule has 0 spiro atoms. The van der Waals surface area contributed by atoms with Gasteiger partial charge < -0.3 is 15.0 Å². The quantitative estimate of drug-likeness (QED) is 0.626. The maximum atomic E-state index is 14.2. The van der Waals surface area contributed by atoms with Crippen molar-refractivity contribution in [3.63, 3.8) is 0 Å². The summed E-state index contributed by atoms with van der Waals surface area (Å²) in [6, 6.07) is 3.22. The van der Waals surface area contributed by atoms with Crippen molar-refractivity contribution < 1.29 is 18.3 Å². The molecule has 176 valence electrons. The first-order valence-corrected chi connectivity index (χ1v) is 11.0. The molecule has 0 bridgehead atoms. The van der Waals surface area contributed by atoms with Crippen molar-refractivity contribution in [1.82, 2.24) is 30.0 Å². The van der Waals surface area contributed by atoms with Gasteiger partial charge in [0.05, 0.1) is 17.3 Å². The van der Waals surface area contributed by atoms with E-state index in [-0.39, 0.29) is 11.8 Å². The number of aromatic nitrogens is 4. The van der Waals surface area contributed by atoms with E-state index in [0.29, 0.717) is 36.6 Å². The van der Waals surface area contributed by atoms with Crippen LogP contribution in [0, 0.1) is 17.6 Å². The summed E-state index contributed by atoms with van der Waals surface area (Å²) < 4.78 is 34.6. The van der Waals surface area contributed by atoms with Gasteiger partial charge in [0.2, 0.25) is 0 Å². The van der Waals surface area contributed by atoms with Crippen LogP contribution in [0.3, 0.4) is 0 Å². The number of nitrogens with zero attached hydrogens (tertiary/aromatic N) is 5. The summed E-state index contributed by atoms with van der Waals surface area (Å²) in [4.78, 5) is 22.5. The van der Waals surface area contributed by atoms with E-state index < -0.39 is 17.2 Å². The Bertz CT molecular complexity index is 1140. The second-order valence-corrected chi connectivity index (χ2v) is 9.25. The number of halogens is 2. The van der Waals surface area contributed by atoms with Crippen molar-refractivity contribution in [2.75, 3.05) is 19.6 Å². The molecule has 0 radical (unpaired) electrons. The molecule has 8 nitrogen and oxygen atoms in total. The molecule has 0 aliphatic carbocycles. The molecular weight excluding hydrogens is 430 g/mol. The lowest BCUT2D eigenvalue weighted by molar-refractivity contribution is 0.0184. The van der Waals surface area contributed by atoms with Crippen molar-refractivity contribution in [3.05, 3.63) is 48.1 Å². The summed E-state index contributed by atoms with van der Waals surface area (Å²) in [6.45, 7) is 8.21. The lowest BCUT2D eigenvalue weighted by Gasteiger charge is -2.33. The van der Waals surface area contributed by atoms with Crippen LogP contribution in [0.5, 0.6) is 0 Å². The fraction of sp³-hybridized carbons (Fsp3) is 0.478. The van der Waals surface area contributed by atoms with E-state index in [1.54, 1.807) is 11.1 Å². The number of carbonyl (C=O) groups excluding carboxylic acids is 1. The van der Waals surface area contributed by atoms with Gasteiger partial charge in [-0.15, -0.1) is 0 Å². The molecule has 33 heavy (non-hydrogen) atoms. The third kappa shape index (κ3) is 5.44. The molecule has 4 rings (SSSR count). The van der Waals surface area contributed by atoms with Crippen LogP contribution in [0.15, 0.2) is 30.7 Å². The maximum Gasteiger partial charge on any atom is 0.410 e. The van der Waals surface area contributed by atoms with Crippen LogP contribution in [0.1, 0.15) is 39.3 Å². The number of piperidine rings is 1. The fourth-order valence-corrected chi connectivity index (χ4v) is 3.90. The Hall–Kier alpha value is -3.14. The molecule has 3 aromatic rings. The number of benzene rings is 1. The van der Waals surface area contributed by atoms with Crippen LogP contribution in [0.2, 0.25) is 0 Å². The monoisotopic (exact) mass is 458 g/mol. The zero-order valence-corrected chi connectivity index (χ0v) is 19.0. The number of nitrogens with one attached hydrogen (secondary N) is 1. The van der Waals surface area contributed by atoms with E-state index in [1.807, 2.05) is 20.8 Å². The van der Waals surface area contributed by atoms with Gasteiger partial charge in [0, 0.05) is 25.7 Å². The molecule has 2 aromatic heterocycles. The standard InChI is InChI=1S/C23H28F2N6O2/c1-23(2,3)33-22(32)30-8-6-15(7-9-30)11-26-13-19-17-12-29-31(21(17)28-14-27-19)20-10-16(24)4-5-18(20)25/h4-5,10,12,14-15,26H,6-9,11,13H2,1-3H3. The summed E-state index contributed by atoms with van der Waals surface area (Å²) in [6.07, 6.45) is 4.48. The van der Waals surface area contributed by atoms with E-state index >= 15 is 0 Å². The molecular formula is C23H28F2N6O2. The first kappa shape index (κ1) is 23.0. The number of rotatable bonds is 5. The van der Waals surface area contributed by atoms with Gasteiger partial charge in [-0.25, -0.2) is 28.2 Å². The van der Waals surface area contributed by atoms with Crippen LogP contribution in [-0.2, 0) is 11.3 Å². The molecule has 0 saturated carbocycles. The molecule has 10 heteroatoms. The first-order valence-electron chi connectivity index (χ1n) is 11.0. The number of hydrogen-bond acceptors (Lipinski definition) is 6. The van der Waals surface area contributed by atoms with Gasteiger partial charge in [-0.3, -0.25) is 0 Å². The van der Waals surface area contributed by atoms with E-state index in [9.17, 15) is 13.6 Å². The molecule has 1 aliphatic heterocycles. The second kappa shape index (κ2) is 9.38. The minimum atomic E-state index is -0.586. The van der Waals surface area contributed by atoms with Gasteiger partial charge in [0.1, 0.15) is 29.3 Å². The van der Waals surface area contributed by atoms with Crippen LogP contribution < -0.4 is 5.32 Å². The van der Waals surface area contributed by atoms with Gasteiger partial charge in [-0.2, -0.15) is 5.10 Å². The normalized spacial score (nSPS) is 15.2. The smallest absolute Gasteiger partial charge is 0.410 e. The van der Waals surface area contributed by atoms with Crippen molar-refractivity contribution >= 4 is 17.1 Å². The Morgan fingerprint density at radius 2 is 1.97 bits per heavy atom. The minimum Gasteiger partial charge on any atom is -0.444 e. The van der Waals surface area contributed by atoms with Gasteiger partial charge in [0.25, 0.3) is 0 Å². The van der Waals surface area contributed by atoms with Crippen LogP contribution >= 0.6 is 0 Å². The molecule has 1 saturated heterocycles. The highest BCUT2D eigenvalue weighted by molar-refractivity contribution is 5.78. The number of likely N-dealkylation sites (tertiary alicyclic amines) is 1. The summed E-state index contributed by atoms with van der Waals surface area (Å²) >= 11 is 0. The number of amides is 1. The highest BCUT2D eigenvalue weighted by Crippen LogP contribution is 2.22. The molecule has 1 aromatic carbocycles. The topological polar surface area (TPSA) is 85.2 Å². The van der Waals surface area contributed by atoms with Crippen LogP contribution in [0.4, 0.5) is 13.6 Å². The fourth-order valence-electron chi connectivity index (χ4n) is 3.90. The molecule has 1 fully saturated rings. The Kier molecular flexibility index (Phi) is 6.55. The largest absolute Gasteiger partial charge is 0.444 e. The predicted octanol–water partition coefficient (Wildman–Crippen LogP) is 3.83. The number of hydrogen-bond donors (Lipinski definition) is 1. The maximum absolute atomic E-state index is 14.2. The van der Waals surface area contributed by atoms with Crippen molar-refractivity contribution in [1.29, 1.82) is 0 Å². The number of carbonyl (C=O) groups is 1. The van der Waals surface area contributed by atoms with Gasteiger partial charge in [0.15, 0.2) is 5.65 Å². The average Bonchev–Trinajstić information content (AvgIpc) is 3.19. The van der Waals surface area contributed by atoms with Crippen molar-refractivity contribution in [2.45, 2.75) is 45.8 Å². The van der Waals surface area contributed by atoms with E-state index in [1.165, 1.54) is 11.0 Å². The Morgan fingerprint density at radius 1 is 1.21 bits per heavy atom. The summed E-state index contributed by atoms with van der Waals surface area (Å²) in [5.41, 5.74) is 0.651. The average molecular weight is 459 g/mol. The zero-order valence-electron chi connectivity index (χ0n) is 19.0. The third-order valence-electron chi connectivity index (χ3n) is 5.58. The highest BCUT2D eigenvalue weighted by Gasteiger charge is 2.26. The number of ether oxygens (including phenoxy) is 1. The second-order valence-electron chi connectivity index (χ2n) is 9.25. The molecule has 1 aliphatic rings. The Balaban J connectivity index is 1.35. The Morgan fingerprint density at radius 3 is 2.70 bits per heavy atom. The van der Waals surface area contributed by atoms with Gasteiger partial charge >= 0.3 is 6.09 Å². The first-order chi connectivity index (χ1) is 15.7. The van der Waals surface area contributed by atoms with Crippen LogP contribution in [-0.4, -0.2) is 56.0 Å². The zero-order chi connectivity index (χ0) is 23.6. The number of fused-ring (bicyclic) bond motifs is 1. The highest BCUT2D eigenvalue weighted by atomic mass is 19.1. The Labute approximate surface area is 191 Å². The molecule has 0 unspecified atom stereocenters. The summed E-state index contributed by atoms with van der Waals surface area (Å²) in [5, 5.41) is 8.30. The lowest BCUT2D eigenvalue weighted by atomic mass is 9.97. The molecule has 3 heterocycles. The lowest BCUT2D eigenvalue weighted by Crippen LogP contribution is -2.43.